The van der Waals surface area contributed by atoms with Gasteiger partial charge in [0.15, 0.2) is 23.1 Å². The number of carbonyl (C=O) groups is 1. The fourth-order valence-electron chi connectivity index (χ4n) is 4.53. The molecule has 3 N–H and O–H groups in total. The Labute approximate surface area is 227 Å². The molecule has 4 rings (SSSR count). The average molecular weight is 540 g/mol. The Bertz CT molecular complexity index is 1390. The molecular weight excluding hydrogens is 502 g/mol. The van der Waals surface area contributed by atoms with E-state index in [2.05, 4.69) is 27.1 Å². The van der Waals surface area contributed by atoms with Gasteiger partial charge in [-0.15, -0.1) is 0 Å². The largest absolute Gasteiger partial charge is 0.490 e. The Morgan fingerprint density at radius 1 is 1.26 bits per heavy atom. The lowest BCUT2D eigenvalue weighted by atomic mass is 10.0. The van der Waals surface area contributed by atoms with Gasteiger partial charge in [-0.25, -0.2) is 19.4 Å². The molecule has 210 valence electrons. The van der Waals surface area contributed by atoms with Crippen LogP contribution in [0.5, 0.6) is 5.75 Å². The molecule has 0 bridgehead atoms. The van der Waals surface area contributed by atoms with Crippen LogP contribution in [0.3, 0.4) is 0 Å². The predicted octanol–water partition coefficient (Wildman–Crippen LogP) is 3.76. The van der Waals surface area contributed by atoms with E-state index in [1.807, 2.05) is 37.2 Å². The molecule has 0 saturated carbocycles. The van der Waals surface area contributed by atoms with Gasteiger partial charge in [0.05, 0.1) is 12.8 Å². The lowest BCUT2D eigenvalue weighted by molar-refractivity contribution is 0.00743. The molecule has 12 heteroatoms. The minimum absolute atomic E-state index is 0.0154. The van der Waals surface area contributed by atoms with Crippen LogP contribution in [0.4, 0.5) is 10.6 Å². The van der Waals surface area contributed by atoms with Crippen molar-refractivity contribution in [3.05, 3.63) is 11.9 Å². The first kappa shape index (κ1) is 28.2. The van der Waals surface area contributed by atoms with E-state index < -0.39 is 11.2 Å². The van der Waals surface area contributed by atoms with E-state index in [1.54, 1.807) is 20.0 Å². The molecule has 1 atom stereocenters. The van der Waals surface area contributed by atoms with Crippen LogP contribution >= 0.6 is 0 Å². The Morgan fingerprint density at radius 3 is 2.67 bits per heavy atom. The number of hydrogen-bond acceptors (Lipinski definition) is 10. The molecule has 1 unspecified atom stereocenters. The number of carbonyl (C=O) groups excluding carboxylic acids is 1. The third-order valence-electron chi connectivity index (χ3n) is 6.23. The van der Waals surface area contributed by atoms with Crippen LogP contribution < -0.4 is 10.5 Å². The number of aliphatic hydroxyl groups is 1. The number of aryl methyl sites for hydroxylation is 1. The van der Waals surface area contributed by atoms with Gasteiger partial charge in [0.25, 0.3) is 0 Å². The summed E-state index contributed by atoms with van der Waals surface area (Å²) in [6.07, 6.45) is 4.82. The van der Waals surface area contributed by atoms with Crippen LogP contribution in [0.1, 0.15) is 72.9 Å². The normalized spacial score (nSPS) is 16.2. The molecule has 0 radical (unpaired) electrons. The minimum Gasteiger partial charge on any atom is -0.490 e. The van der Waals surface area contributed by atoms with Crippen molar-refractivity contribution in [3.63, 3.8) is 0 Å². The molecule has 1 aliphatic heterocycles. The van der Waals surface area contributed by atoms with Crippen LogP contribution in [0.2, 0.25) is 0 Å². The number of hydrogen-bond donors (Lipinski definition) is 2. The molecule has 0 aromatic carbocycles. The molecule has 0 spiro atoms. The number of ether oxygens (including phenoxy) is 2. The third kappa shape index (κ3) is 6.60. The Hall–Kier alpha value is -3.85. The maximum absolute atomic E-state index is 12.8. The fraction of sp³-hybridized carbons (Fsp3) is 0.593. The van der Waals surface area contributed by atoms with Crippen molar-refractivity contribution in [2.45, 2.75) is 91.0 Å². The second-order valence-electron chi connectivity index (χ2n) is 11.1. The second kappa shape index (κ2) is 11.1. The predicted molar refractivity (Wildman–Crippen MR) is 145 cm³/mol. The van der Waals surface area contributed by atoms with Gasteiger partial charge in [0.2, 0.25) is 0 Å². The number of nitrogens with two attached hydrogens (primary N) is 1. The highest BCUT2D eigenvalue weighted by Crippen LogP contribution is 2.33. The first-order valence-corrected chi connectivity index (χ1v) is 13.2. The third-order valence-corrected chi connectivity index (χ3v) is 6.23. The number of nitrogen functional groups attached to an aromatic ring is 1. The number of imidazole rings is 1. The topological polar surface area (TPSA) is 155 Å². The number of likely N-dealkylation sites (tertiary alicyclic amines) is 1. The number of fused-ring (bicyclic) bond motifs is 1. The number of rotatable bonds is 6. The quantitative estimate of drug-likeness (QED) is 0.442. The van der Waals surface area contributed by atoms with Gasteiger partial charge in [-0.05, 0) is 77.0 Å². The summed E-state index contributed by atoms with van der Waals surface area (Å²) in [5.74, 6) is 6.79. The highest BCUT2D eigenvalue weighted by atomic mass is 16.6. The van der Waals surface area contributed by atoms with E-state index in [-0.39, 0.29) is 18.0 Å². The van der Waals surface area contributed by atoms with E-state index in [4.69, 9.17) is 24.8 Å². The zero-order valence-electron chi connectivity index (χ0n) is 23.4. The fourth-order valence-corrected chi connectivity index (χ4v) is 4.53. The highest BCUT2D eigenvalue weighted by Gasteiger charge is 2.30. The number of anilines is 1. The van der Waals surface area contributed by atoms with Crippen molar-refractivity contribution >= 4 is 22.9 Å². The minimum atomic E-state index is -1.21. The summed E-state index contributed by atoms with van der Waals surface area (Å²) in [6, 6.07) is 0.0154. The van der Waals surface area contributed by atoms with Gasteiger partial charge in [0, 0.05) is 25.6 Å². The molecule has 1 amide bonds. The SMILES string of the molecule is CCn1c(-c2nonc2N)nc2c(C#CC(C)(C)O)ncc(OCCC3CCCCN3C(=O)OC(C)(C)C)c21. The number of amides is 1. The van der Waals surface area contributed by atoms with Crippen LogP contribution in [0.25, 0.3) is 22.6 Å². The van der Waals surface area contributed by atoms with Crippen molar-refractivity contribution in [1.29, 1.82) is 0 Å². The Kier molecular flexibility index (Phi) is 8.02. The number of piperidine rings is 1. The average Bonchev–Trinajstić information content (AvgIpc) is 3.45. The van der Waals surface area contributed by atoms with Gasteiger partial charge < -0.3 is 29.8 Å². The molecule has 1 saturated heterocycles. The van der Waals surface area contributed by atoms with Gasteiger partial charge >= 0.3 is 6.09 Å². The van der Waals surface area contributed by atoms with E-state index in [9.17, 15) is 9.90 Å². The molecule has 4 heterocycles. The lowest BCUT2D eigenvalue weighted by Crippen LogP contribution is -2.46. The maximum atomic E-state index is 12.8. The van der Waals surface area contributed by atoms with Crippen LogP contribution in [-0.4, -0.2) is 71.3 Å². The molecule has 1 fully saturated rings. The summed E-state index contributed by atoms with van der Waals surface area (Å²) in [4.78, 5) is 23.9. The molecular formula is C27H37N7O5. The van der Waals surface area contributed by atoms with Crippen LogP contribution in [0, 0.1) is 11.8 Å². The van der Waals surface area contributed by atoms with Crippen molar-refractivity contribution < 1.29 is 24.0 Å². The first-order valence-electron chi connectivity index (χ1n) is 13.2. The Balaban J connectivity index is 1.65. The molecule has 39 heavy (non-hydrogen) atoms. The number of aromatic nitrogens is 5. The number of nitrogens with zero attached hydrogens (tertiary/aromatic N) is 6. The van der Waals surface area contributed by atoms with E-state index in [0.29, 0.717) is 60.1 Å². The van der Waals surface area contributed by atoms with Crippen LogP contribution in [-0.2, 0) is 11.3 Å². The van der Waals surface area contributed by atoms with E-state index in [1.165, 1.54) is 0 Å². The van der Waals surface area contributed by atoms with Gasteiger partial charge in [-0.3, -0.25) is 0 Å². The standard InChI is InChI=1S/C27H37N7O5/c1-7-33-22-19(37-15-12-17-10-8-9-14-34(17)25(35)38-26(2,3)4)16-29-18(11-13-27(5,6)36)20(22)30-24(33)21-23(28)32-39-31-21/h16-17,36H,7-10,12,14-15H2,1-6H3,(H2,28,32). The van der Waals surface area contributed by atoms with E-state index >= 15 is 0 Å². The number of pyridine rings is 1. The van der Waals surface area contributed by atoms with Gasteiger partial charge in [-0.2, -0.15) is 0 Å². The summed E-state index contributed by atoms with van der Waals surface area (Å²) in [6.45, 7) is 12.3. The molecule has 12 nitrogen and oxygen atoms in total. The van der Waals surface area contributed by atoms with Crippen molar-refractivity contribution in [1.82, 2.24) is 29.7 Å². The Morgan fingerprint density at radius 2 is 2.03 bits per heavy atom. The highest BCUT2D eigenvalue weighted by molar-refractivity contribution is 5.89. The second-order valence-corrected chi connectivity index (χ2v) is 11.1. The van der Waals surface area contributed by atoms with Gasteiger partial charge in [0.1, 0.15) is 27.9 Å². The zero-order valence-corrected chi connectivity index (χ0v) is 23.4. The molecule has 3 aromatic heterocycles. The smallest absolute Gasteiger partial charge is 0.410 e. The summed E-state index contributed by atoms with van der Waals surface area (Å²) < 4.78 is 18.6. The van der Waals surface area contributed by atoms with Crippen molar-refractivity contribution in [3.8, 4) is 29.1 Å². The van der Waals surface area contributed by atoms with Crippen LogP contribution in [0.15, 0.2) is 10.8 Å². The lowest BCUT2D eigenvalue weighted by Gasteiger charge is -2.36. The molecule has 1 aliphatic rings. The summed E-state index contributed by atoms with van der Waals surface area (Å²) in [7, 11) is 0. The first-order chi connectivity index (χ1) is 18.4. The summed E-state index contributed by atoms with van der Waals surface area (Å²) in [5.41, 5.74) is 6.04. The monoisotopic (exact) mass is 539 g/mol. The van der Waals surface area contributed by atoms with E-state index in [0.717, 1.165) is 19.3 Å². The maximum Gasteiger partial charge on any atom is 0.410 e. The molecule has 3 aromatic rings. The zero-order chi connectivity index (χ0) is 28.4. The summed E-state index contributed by atoms with van der Waals surface area (Å²) in [5, 5.41) is 17.7. The van der Waals surface area contributed by atoms with Crippen molar-refractivity contribution in [2.24, 2.45) is 0 Å². The summed E-state index contributed by atoms with van der Waals surface area (Å²) >= 11 is 0. The van der Waals surface area contributed by atoms with Crippen molar-refractivity contribution in [2.75, 3.05) is 18.9 Å². The molecule has 0 aliphatic carbocycles. The van der Waals surface area contributed by atoms with Gasteiger partial charge in [-0.1, -0.05) is 5.92 Å².